The molecule has 0 unspecified atom stereocenters. The first kappa shape index (κ1) is 18.0. The van der Waals surface area contributed by atoms with Crippen molar-refractivity contribution in [2.45, 2.75) is 18.4 Å². The van der Waals surface area contributed by atoms with E-state index >= 15 is 0 Å². The van der Waals surface area contributed by atoms with Gasteiger partial charge in [0.25, 0.3) is 0 Å². The zero-order valence-corrected chi connectivity index (χ0v) is 15.2. The van der Waals surface area contributed by atoms with Crippen molar-refractivity contribution in [3.05, 3.63) is 78.7 Å². The van der Waals surface area contributed by atoms with Crippen molar-refractivity contribution in [3.8, 4) is 11.4 Å². The van der Waals surface area contributed by atoms with Crippen molar-refractivity contribution in [2.24, 2.45) is 0 Å². The molecule has 0 N–H and O–H groups in total. The monoisotopic (exact) mass is 369 g/mol. The molecule has 26 heavy (non-hydrogen) atoms. The van der Waals surface area contributed by atoms with E-state index in [1.807, 2.05) is 31.2 Å². The van der Waals surface area contributed by atoms with Gasteiger partial charge in [0.15, 0.2) is 0 Å². The van der Waals surface area contributed by atoms with Crippen LogP contribution in [-0.2, 0) is 16.6 Å². The molecule has 7 heteroatoms. The van der Waals surface area contributed by atoms with Gasteiger partial charge in [-0.25, -0.2) is 8.42 Å². The Kier molecular flexibility index (Phi) is 5.29. The lowest BCUT2D eigenvalue weighted by molar-refractivity contribution is 0.327. The van der Waals surface area contributed by atoms with Gasteiger partial charge < -0.3 is 4.52 Å². The molecule has 0 saturated carbocycles. The molecule has 6 nitrogen and oxygen atoms in total. The fourth-order valence-corrected chi connectivity index (χ4v) is 3.80. The number of benzene rings is 2. The van der Waals surface area contributed by atoms with Crippen molar-refractivity contribution < 1.29 is 12.9 Å². The summed E-state index contributed by atoms with van der Waals surface area (Å²) in [5, 5.41) is 3.95. The highest BCUT2D eigenvalue weighted by Gasteiger charge is 2.25. The summed E-state index contributed by atoms with van der Waals surface area (Å²) >= 11 is 0. The number of aromatic nitrogens is 2. The Morgan fingerprint density at radius 3 is 2.46 bits per heavy atom. The lowest BCUT2D eigenvalue weighted by atomic mass is 10.1. The van der Waals surface area contributed by atoms with E-state index < -0.39 is 10.0 Å². The molecule has 2 aromatic carbocycles. The van der Waals surface area contributed by atoms with Gasteiger partial charge in [-0.1, -0.05) is 59.3 Å². The Morgan fingerprint density at radius 2 is 1.81 bits per heavy atom. The summed E-state index contributed by atoms with van der Waals surface area (Å²) in [7, 11) is -3.69. The maximum Gasteiger partial charge on any atom is 0.243 e. The molecule has 0 amide bonds. The molecule has 0 fully saturated rings. The van der Waals surface area contributed by atoms with E-state index in [9.17, 15) is 8.42 Å². The van der Waals surface area contributed by atoms with Gasteiger partial charge in [0.05, 0.1) is 11.4 Å². The van der Waals surface area contributed by atoms with E-state index in [0.29, 0.717) is 5.82 Å². The normalized spacial score (nSPS) is 11.6. The number of rotatable bonds is 7. The third-order valence-electron chi connectivity index (χ3n) is 3.80. The second-order valence-electron chi connectivity index (χ2n) is 5.78. The summed E-state index contributed by atoms with van der Waals surface area (Å²) in [6.45, 7) is 5.74. The van der Waals surface area contributed by atoms with Gasteiger partial charge in [0.1, 0.15) is 0 Å². The van der Waals surface area contributed by atoms with Crippen molar-refractivity contribution in [3.63, 3.8) is 0 Å². The average molecular weight is 369 g/mol. The molecule has 134 valence electrons. The first-order chi connectivity index (χ1) is 12.5. The molecule has 1 heterocycles. The second kappa shape index (κ2) is 7.63. The van der Waals surface area contributed by atoms with E-state index in [4.69, 9.17) is 4.52 Å². The SMILES string of the molecule is C=CCN(Cc1nc(-c2ccc(C)cc2)no1)S(=O)(=O)c1ccccc1. The van der Waals surface area contributed by atoms with Crippen LogP contribution >= 0.6 is 0 Å². The Morgan fingerprint density at radius 1 is 1.12 bits per heavy atom. The summed E-state index contributed by atoms with van der Waals surface area (Å²) in [4.78, 5) is 4.53. The van der Waals surface area contributed by atoms with E-state index in [1.54, 1.807) is 30.3 Å². The number of aryl methyl sites for hydroxylation is 1. The summed E-state index contributed by atoms with van der Waals surface area (Å²) in [6, 6.07) is 15.9. The fraction of sp³-hybridized carbons (Fsp3) is 0.158. The van der Waals surface area contributed by atoms with Gasteiger partial charge in [0.2, 0.25) is 21.7 Å². The fourth-order valence-electron chi connectivity index (χ4n) is 2.42. The minimum atomic E-state index is -3.69. The Labute approximate surface area is 152 Å². The minimum absolute atomic E-state index is 0.0257. The summed E-state index contributed by atoms with van der Waals surface area (Å²) in [5.74, 6) is 0.651. The zero-order valence-electron chi connectivity index (χ0n) is 14.4. The summed E-state index contributed by atoms with van der Waals surface area (Å²) in [5.41, 5.74) is 1.94. The van der Waals surface area contributed by atoms with Crippen LogP contribution in [0.4, 0.5) is 0 Å². The number of sulfonamides is 1. The quantitative estimate of drug-likeness (QED) is 0.597. The van der Waals surface area contributed by atoms with Crippen molar-refractivity contribution >= 4 is 10.0 Å². The third kappa shape index (κ3) is 3.89. The van der Waals surface area contributed by atoms with Crippen LogP contribution < -0.4 is 0 Å². The highest BCUT2D eigenvalue weighted by molar-refractivity contribution is 7.89. The molecular weight excluding hydrogens is 350 g/mol. The highest BCUT2D eigenvalue weighted by Crippen LogP contribution is 2.20. The van der Waals surface area contributed by atoms with Crippen LogP contribution in [-0.4, -0.2) is 29.4 Å². The van der Waals surface area contributed by atoms with Crippen LogP contribution in [0.15, 0.2) is 76.7 Å². The zero-order chi connectivity index (χ0) is 18.6. The molecule has 0 spiro atoms. The van der Waals surface area contributed by atoms with E-state index in [0.717, 1.165) is 11.1 Å². The summed E-state index contributed by atoms with van der Waals surface area (Å²) in [6.07, 6.45) is 1.53. The van der Waals surface area contributed by atoms with Gasteiger partial charge in [-0.2, -0.15) is 9.29 Å². The van der Waals surface area contributed by atoms with Gasteiger partial charge in [-0.05, 0) is 19.1 Å². The van der Waals surface area contributed by atoms with Crippen LogP contribution in [0.5, 0.6) is 0 Å². The van der Waals surface area contributed by atoms with Gasteiger partial charge >= 0.3 is 0 Å². The first-order valence-electron chi connectivity index (χ1n) is 8.06. The molecule has 0 atom stereocenters. The van der Waals surface area contributed by atoms with Crippen LogP contribution in [0.2, 0.25) is 0 Å². The number of hydrogen-bond donors (Lipinski definition) is 0. The molecule has 0 aliphatic rings. The molecule has 3 rings (SSSR count). The Balaban J connectivity index is 1.85. The predicted molar refractivity (Wildman–Crippen MR) is 98.7 cm³/mol. The van der Waals surface area contributed by atoms with Crippen LogP contribution in [0.25, 0.3) is 11.4 Å². The van der Waals surface area contributed by atoms with Crippen LogP contribution in [0, 0.1) is 6.92 Å². The molecule has 0 radical (unpaired) electrons. The molecule has 0 bridgehead atoms. The van der Waals surface area contributed by atoms with Gasteiger partial charge in [-0.3, -0.25) is 0 Å². The average Bonchev–Trinajstić information content (AvgIpc) is 3.11. The van der Waals surface area contributed by atoms with Crippen molar-refractivity contribution in [1.82, 2.24) is 14.4 Å². The molecule has 3 aromatic rings. The smallest absolute Gasteiger partial charge is 0.243 e. The van der Waals surface area contributed by atoms with Crippen molar-refractivity contribution in [1.29, 1.82) is 0 Å². The van der Waals surface area contributed by atoms with E-state index in [2.05, 4.69) is 16.7 Å². The lowest BCUT2D eigenvalue weighted by Crippen LogP contribution is -2.31. The maximum atomic E-state index is 12.8. The topological polar surface area (TPSA) is 76.3 Å². The maximum absolute atomic E-state index is 12.8. The Bertz CT molecular complexity index is 980. The van der Waals surface area contributed by atoms with Crippen molar-refractivity contribution in [2.75, 3.05) is 6.54 Å². The van der Waals surface area contributed by atoms with Crippen LogP contribution in [0.3, 0.4) is 0 Å². The van der Waals surface area contributed by atoms with Gasteiger partial charge in [0, 0.05) is 12.1 Å². The van der Waals surface area contributed by atoms with E-state index in [-0.39, 0.29) is 23.9 Å². The second-order valence-corrected chi connectivity index (χ2v) is 7.71. The number of nitrogens with zero attached hydrogens (tertiary/aromatic N) is 3. The Hall–Kier alpha value is -2.77. The molecule has 1 aromatic heterocycles. The van der Waals surface area contributed by atoms with E-state index in [1.165, 1.54) is 10.4 Å². The van der Waals surface area contributed by atoms with Crippen LogP contribution in [0.1, 0.15) is 11.5 Å². The molecular formula is C19H19N3O3S. The molecule has 0 aliphatic heterocycles. The predicted octanol–water partition coefficient (Wildman–Crippen LogP) is 3.42. The third-order valence-corrected chi connectivity index (χ3v) is 5.63. The lowest BCUT2D eigenvalue weighted by Gasteiger charge is -2.18. The highest BCUT2D eigenvalue weighted by atomic mass is 32.2. The first-order valence-corrected chi connectivity index (χ1v) is 9.50. The largest absolute Gasteiger partial charge is 0.338 e. The molecule has 0 aliphatic carbocycles. The van der Waals surface area contributed by atoms with Gasteiger partial charge in [-0.15, -0.1) is 6.58 Å². The molecule has 0 saturated heterocycles. The number of hydrogen-bond acceptors (Lipinski definition) is 5. The summed E-state index contributed by atoms with van der Waals surface area (Å²) < 4.78 is 32.2. The minimum Gasteiger partial charge on any atom is -0.338 e. The standard InChI is InChI=1S/C19H19N3O3S/c1-3-13-22(26(23,24)17-7-5-4-6-8-17)14-18-20-19(21-25-18)16-11-9-15(2)10-12-16/h3-12H,1,13-14H2,2H3.